The normalized spacial score (nSPS) is 17.4. The molecule has 1 unspecified atom stereocenters. The van der Waals surface area contributed by atoms with Gasteiger partial charge in [-0.3, -0.25) is 19.8 Å². The van der Waals surface area contributed by atoms with Crippen molar-refractivity contribution in [2.75, 3.05) is 67.5 Å². The summed E-state index contributed by atoms with van der Waals surface area (Å²) in [5, 5.41) is 9.16. The Bertz CT molecular complexity index is 1080. The Morgan fingerprint density at radius 2 is 1.95 bits per heavy atom. The van der Waals surface area contributed by atoms with E-state index in [-0.39, 0.29) is 36.0 Å². The highest BCUT2D eigenvalue weighted by Gasteiger charge is 2.27. The Kier molecular flexibility index (Phi) is 10.7. The quantitative estimate of drug-likeness (QED) is 0.392. The molecule has 0 aromatic heterocycles. The fourth-order valence-corrected chi connectivity index (χ4v) is 4.51. The van der Waals surface area contributed by atoms with E-state index in [9.17, 15) is 14.4 Å². The van der Waals surface area contributed by atoms with Gasteiger partial charge in [-0.2, -0.15) is 0 Å². The van der Waals surface area contributed by atoms with Gasteiger partial charge in [-0.15, -0.1) is 0 Å². The zero-order valence-corrected chi connectivity index (χ0v) is 25.0. The predicted molar refractivity (Wildman–Crippen MR) is 155 cm³/mol. The summed E-state index contributed by atoms with van der Waals surface area (Å²) in [5.41, 5.74) is 1.56. The maximum atomic E-state index is 13.0. The van der Waals surface area contributed by atoms with Crippen molar-refractivity contribution >= 4 is 29.5 Å². The van der Waals surface area contributed by atoms with Crippen LogP contribution in [0, 0.1) is 5.41 Å². The van der Waals surface area contributed by atoms with Gasteiger partial charge in [0.1, 0.15) is 12.3 Å². The molecule has 12 nitrogen and oxygen atoms in total. The molecule has 3 N–H and O–H groups in total. The molecule has 1 saturated heterocycles. The second-order valence-corrected chi connectivity index (χ2v) is 11.9. The number of nitrogens with zero attached hydrogens (tertiary/aromatic N) is 5. The number of carbonyl (C=O) groups excluding carboxylic acids is 3. The molecular weight excluding hydrogens is 512 g/mol. The monoisotopic (exact) mass is 558 g/mol. The van der Waals surface area contributed by atoms with E-state index in [1.165, 1.54) is 4.90 Å². The van der Waals surface area contributed by atoms with E-state index in [2.05, 4.69) is 46.6 Å². The van der Waals surface area contributed by atoms with Crippen LogP contribution in [0.1, 0.15) is 39.2 Å². The van der Waals surface area contributed by atoms with Gasteiger partial charge < -0.3 is 30.1 Å². The van der Waals surface area contributed by atoms with Crippen molar-refractivity contribution < 1.29 is 19.1 Å². The number of likely N-dealkylation sites (N-methyl/N-ethyl adjacent to an activating group) is 2. The van der Waals surface area contributed by atoms with Crippen LogP contribution in [-0.2, 0) is 16.1 Å². The minimum absolute atomic E-state index is 0.00301. The molecule has 3 rings (SSSR count). The first kappa shape index (κ1) is 31.2. The molecule has 0 spiro atoms. The van der Waals surface area contributed by atoms with E-state index < -0.39 is 0 Å². The summed E-state index contributed by atoms with van der Waals surface area (Å²) in [4.78, 5) is 49.5. The van der Waals surface area contributed by atoms with Crippen molar-refractivity contribution in [3.05, 3.63) is 23.8 Å². The van der Waals surface area contributed by atoms with Crippen molar-refractivity contribution in [3.63, 3.8) is 0 Å². The average molecular weight is 559 g/mol. The van der Waals surface area contributed by atoms with Gasteiger partial charge in [0.2, 0.25) is 17.8 Å². The molecule has 0 saturated carbocycles. The van der Waals surface area contributed by atoms with Crippen LogP contribution < -0.4 is 20.7 Å². The van der Waals surface area contributed by atoms with Crippen LogP contribution in [0.15, 0.2) is 23.2 Å². The number of hydrogen-bond donors (Lipinski definition) is 3. The van der Waals surface area contributed by atoms with E-state index in [4.69, 9.17) is 4.74 Å². The van der Waals surface area contributed by atoms with Crippen LogP contribution in [0.2, 0.25) is 0 Å². The van der Waals surface area contributed by atoms with Crippen molar-refractivity contribution in [3.8, 4) is 5.75 Å². The standard InChI is InChI=1S/C28H46N8O4/c1-28(2,3)19-35(7)25(38)18-36-17-20-10-11-21(15-22(20)30-26(36)32-27(39)33(4)5)40-14-8-9-24(37)31-23-16-29-12-13-34(23)6/h10-11,15,23,29H,8-9,12-14,16-19H2,1-7H3,(H,31,37)(H,30,32,39). The summed E-state index contributed by atoms with van der Waals surface area (Å²) >= 11 is 0. The van der Waals surface area contributed by atoms with E-state index in [0.717, 1.165) is 25.2 Å². The second-order valence-electron chi connectivity index (χ2n) is 11.9. The lowest BCUT2D eigenvalue weighted by Gasteiger charge is -2.33. The molecule has 222 valence electrons. The number of carbonyl (C=O) groups is 3. The summed E-state index contributed by atoms with van der Waals surface area (Å²) < 4.78 is 5.92. The molecule has 1 atom stereocenters. The van der Waals surface area contributed by atoms with Gasteiger partial charge in [0.05, 0.1) is 18.5 Å². The van der Waals surface area contributed by atoms with E-state index in [0.29, 0.717) is 49.9 Å². The first-order valence-corrected chi connectivity index (χ1v) is 13.8. The number of amides is 4. The molecule has 40 heavy (non-hydrogen) atoms. The van der Waals surface area contributed by atoms with E-state index in [1.807, 2.05) is 25.2 Å². The number of benzene rings is 1. The van der Waals surface area contributed by atoms with Crippen molar-refractivity contribution in [1.29, 1.82) is 0 Å². The first-order chi connectivity index (χ1) is 18.8. The number of piperazine rings is 1. The Morgan fingerprint density at radius 3 is 2.62 bits per heavy atom. The van der Waals surface area contributed by atoms with Gasteiger partial charge in [-0.05, 0) is 30.5 Å². The highest BCUT2D eigenvalue weighted by molar-refractivity contribution is 5.99. The number of fused-ring (bicyclic) bond motifs is 1. The maximum Gasteiger partial charge on any atom is 0.323 e. The number of ether oxygens (including phenoxy) is 1. The molecule has 12 heteroatoms. The van der Waals surface area contributed by atoms with Crippen LogP contribution in [0.3, 0.4) is 0 Å². The summed E-state index contributed by atoms with van der Waals surface area (Å²) in [6.45, 7) is 10.3. The Labute approximate surface area is 238 Å². The van der Waals surface area contributed by atoms with Crippen LogP contribution >= 0.6 is 0 Å². The van der Waals surface area contributed by atoms with Crippen molar-refractivity contribution in [2.45, 2.75) is 46.3 Å². The first-order valence-electron chi connectivity index (χ1n) is 13.8. The predicted octanol–water partition coefficient (Wildman–Crippen LogP) is 1.40. The SMILES string of the molecule is CN(C)C(=O)NC1=Nc2cc(OCCCC(=O)NC3CNCCN3C)ccc2CN1CC(=O)N(C)CC(C)(C)C. The van der Waals surface area contributed by atoms with Gasteiger partial charge in [0, 0.05) is 66.4 Å². The minimum Gasteiger partial charge on any atom is -0.494 e. The highest BCUT2D eigenvalue weighted by Crippen LogP contribution is 2.30. The third-order valence-corrected chi connectivity index (χ3v) is 6.69. The minimum atomic E-state index is -0.330. The number of guanidine groups is 1. The molecule has 1 fully saturated rings. The third-order valence-electron chi connectivity index (χ3n) is 6.69. The van der Waals surface area contributed by atoms with E-state index >= 15 is 0 Å². The molecule has 1 aromatic rings. The largest absolute Gasteiger partial charge is 0.494 e. The van der Waals surface area contributed by atoms with Crippen LogP contribution in [0.4, 0.5) is 10.5 Å². The lowest BCUT2D eigenvalue weighted by Crippen LogP contribution is -2.57. The Morgan fingerprint density at radius 1 is 1.20 bits per heavy atom. The van der Waals surface area contributed by atoms with Gasteiger partial charge >= 0.3 is 6.03 Å². The lowest BCUT2D eigenvalue weighted by molar-refractivity contribution is -0.131. The molecule has 2 heterocycles. The zero-order chi connectivity index (χ0) is 29.4. The second kappa shape index (κ2) is 13.8. The van der Waals surface area contributed by atoms with Gasteiger partial charge in [-0.25, -0.2) is 9.79 Å². The molecule has 1 aromatic carbocycles. The smallest absolute Gasteiger partial charge is 0.323 e. The molecular formula is C28H46N8O4. The molecule has 2 aliphatic rings. The topological polar surface area (TPSA) is 122 Å². The molecule has 0 radical (unpaired) electrons. The van der Waals surface area contributed by atoms with Crippen molar-refractivity contribution in [2.24, 2.45) is 10.4 Å². The molecule has 2 aliphatic heterocycles. The van der Waals surface area contributed by atoms with Gasteiger partial charge in [0.25, 0.3) is 0 Å². The van der Waals surface area contributed by atoms with Crippen LogP contribution in [0.25, 0.3) is 0 Å². The fraction of sp³-hybridized carbons (Fsp3) is 0.643. The summed E-state index contributed by atoms with van der Waals surface area (Å²) in [6.07, 6.45) is 0.968. The highest BCUT2D eigenvalue weighted by atomic mass is 16.5. The maximum absolute atomic E-state index is 13.0. The van der Waals surface area contributed by atoms with Crippen LogP contribution in [0.5, 0.6) is 5.75 Å². The molecule has 4 amide bonds. The Balaban J connectivity index is 1.61. The number of hydrogen-bond acceptors (Lipinski definition) is 8. The average Bonchev–Trinajstić information content (AvgIpc) is 2.87. The van der Waals surface area contributed by atoms with E-state index in [1.54, 1.807) is 30.9 Å². The summed E-state index contributed by atoms with van der Waals surface area (Å²) in [6, 6.07) is 5.29. The molecule has 0 bridgehead atoms. The van der Waals surface area contributed by atoms with Gasteiger partial charge in [-0.1, -0.05) is 26.8 Å². The zero-order valence-electron chi connectivity index (χ0n) is 25.0. The molecule has 0 aliphatic carbocycles. The number of urea groups is 1. The number of rotatable bonds is 9. The fourth-order valence-electron chi connectivity index (χ4n) is 4.51. The Hall–Kier alpha value is -3.38. The summed E-state index contributed by atoms with van der Waals surface area (Å²) in [7, 11) is 7.10. The van der Waals surface area contributed by atoms with Crippen molar-refractivity contribution in [1.82, 2.24) is 35.6 Å². The lowest BCUT2D eigenvalue weighted by atomic mass is 9.96. The van der Waals surface area contributed by atoms with Gasteiger partial charge in [0.15, 0.2) is 0 Å². The third kappa shape index (κ3) is 9.37. The number of nitrogens with one attached hydrogen (secondary N) is 3. The van der Waals surface area contributed by atoms with Crippen LogP contribution in [-0.4, -0.2) is 117 Å². The summed E-state index contributed by atoms with van der Waals surface area (Å²) in [5.74, 6) is 0.898. The number of aliphatic imine (C=N–C) groups is 1.